The molecule has 0 radical (unpaired) electrons. The second-order valence-electron chi connectivity index (χ2n) is 8.12. The first kappa shape index (κ1) is 21.9. The Bertz CT molecular complexity index is 1170. The lowest BCUT2D eigenvalue weighted by molar-refractivity contribution is -0.380. The summed E-state index contributed by atoms with van der Waals surface area (Å²) in [4.78, 5) is 31.4. The fourth-order valence-corrected chi connectivity index (χ4v) is 4.27. The molecule has 0 fully saturated rings. The van der Waals surface area contributed by atoms with E-state index in [1.54, 1.807) is 55.5 Å². The van der Waals surface area contributed by atoms with Crippen molar-refractivity contribution in [2.45, 2.75) is 45.3 Å². The molecule has 5 nitrogen and oxygen atoms in total. The van der Waals surface area contributed by atoms with E-state index in [0.29, 0.717) is 27.8 Å². The summed E-state index contributed by atoms with van der Waals surface area (Å²) in [6, 6.07) is 19.2. The molecule has 0 bridgehead atoms. The second kappa shape index (κ2) is 9.07. The molecule has 1 aliphatic rings. The third-order valence-electron chi connectivity index (χ3n) is 6.01. The predicted octanol–water partition coefficient (Wildman–Crippen LogP) is 5.82. The van der Waals surface area contributed by atoms with Crippen LogP contribution >= 0.6 is 0 Å². The molecule has 0 heterocycles. The summed E-state index contributed by atoms with van der Waals surface area (Å²) in [5.74, 6) is -2.78. The lowest BCUT2D eigenvalue weighted by Crippen LogP contribution is -2.42. The molecule has 1 N–H and O–H groups in total. The normalized spacial score (nSPS) is 16.9. The first-order chi connectivity index (χ1) is 15.5. The molecule has 0 aliphatic heterocycles. The van der Waals surface area contributed by atoms with Crippen LogP contribution in [0.25, 0.3) is 0 Å². The lowest BCUT2D eigenvalue weighted by atomic mass is 9.79. The molecular weight excluding hydrogens is 404 g/mol. The molecule has 0 aromatic heterocycles. The molecule has 0 amide bonds. The van der Waals surface area contributed by atoms with E-state index >= 15 is 0 Å². The number of hydrogen-bond acceptors (Lipinski definition) is 5. The van der Waals surface area contributed by atoms with Gasteiger partial charge in [-0.05, 0) is 43.0 Å². The van der Waals surface area contributed by atoms with Gasteiger partial charge < -0.3 is 4.74 Å². The fourth-order valence-electron chi connectivity index (χ4n) is 4.27. The van der Waals surface area contributed by atoms with Crippen molar-refractivity contribution >= 4 is 11.8 Å². The first-order valence-corrected chi connectivity index (χ1v) is 10.9. The van der Waals surface area contributed by atoms with E-state index in [1.807, 2.05) is 18.2 Å². The zero-order chi connectivity index (χ0) is 22.7. The van der Waals surface area contributed by atoms with Crippen LogP contribution in [0.2, 0.25) is 0 Å². The molecule has 1 atom stereocenters. The number of ketones is 1. The Labute approximate surface area is 187 Å². The third kappa shape index (κ3) is 3.74. The van der Waals surface area contributed by atoms with Crippen molar-refractivity contribution in [3.05, 3.63) is 106 Å². The van der Waals surface area contributed by atoms with Gasteiger partial charge in [-0.1, -0.05) is 74.4 Å². The highest BCUT2D eigenvalue weighted by Crippen LogP contribution is 2.44. The summed E-state index contributed by atoms with van der Waals surface area (Å²) in [7, 11) is 0. The van der Waals surface area contributed by atoms with Gasteiger partial charge in [0.15, 0.2) is 5.78 Å². The van der Waals surface area contributed by atoms with Gasteiger partial charge in [0.2, 0.25) is 0 Å². The van der Waals surface area contributed by atoms with Gasteiger partial charge >= 0.3 is 5.97 Å². The molecule has 4 rings (SSSR count). The Morgan fingerprint density at radius 3 is 2.41 bits per heavy atom. The molecule has 164 valence electrons. The SMILES string of the molecule is CCCCCc1ccc2c(c1)C(=O)c1ccccc1C2(OO)OC(=O)c1ccccc1C. The number of rotatable bonds is 7. The highest BCUT2D eigenvalue weighted by molar-refractivity contribution is 6.13. The number of esters is 1. The average molecular weight is 431 g/mol. The van der Waals surface area contributed by atoms with Crippen LogP contribution in [-0.4, -0.2) is 17.0 Å². The van der Waals surface area contributed by atoms with E-state index in [1.165, 1.54) is 0 Å². The van der Waals surface area contributed by atoms with Crippen molar-refractivity contribution in [3.63, 3.8) is 0 Å². The minimum Gasteiger partial charge on any atom is -0.418 e. The van der Waals surface area contributed by atoms with Gasteiger partial charge in [0, 0.05) is 22.3 Å². The maximum atomic E-state index is 13.3. The van der Waals surface area contributed by atoms with E-state index in [0.717, 1.165) is 36.8 Å². The molecule has 0 spiro atoms. The molecule has 32 heavy (non-hydrogen) atoms. The summed E-state index contributed by atoms with van der Waals surface area (Å²) >= 11 is 0. The van der Waals surface area contributed by atoms with Crippen molar-refractivity contribution < 1.29 is 24.5 Å². The smallest absolute Gasteiger partial charge is 0.341 e. The van der Waals surface area contributed by atoms with Crippen molar-refractivity contribution in [1.82, 2.24) is 0 Å². The van der Waals surface area contributed by atoms with Gasteiger partial charge in [0.05, 0.1) is 5.56 Å². The minimum atomic E-state index is -1.94. The number of carbonyl (C=O) groups is 2. The molecule has 3 aromatic rings. The number of benzene rings is 3. The first-order valence-electron chi connectivity index (χ1n) is 10.9. The Balaban J connectivity index is 1.83. The summed E-state index contributed by atoms with van der Waals surface area (Å²) in [6.45, 7) is 3.95. The van der Waals surface area contributed by atoms with E-state index in [-0.39, 0.29) is 5.78 Å². The monoisotopic (exact) mass is 430 g/mol. The van der Waals surface area contributed by atoms with Crippen LogP contribution in [0, 0.1) is 6.92 Å². The van der Waals surface area contributed by atoms with Gasteiger partial charge in [-0.25, -0.2) is 10.1 Å². The summed E-state index contributed by atoms with van der Waals surface area (Å²) in [6.07, 6.45) is 4.06. The van der Waals surface area contributed by atoms with Crippen LogP contribution in [0.3, 0.4) is 0 Å². The van der Waals surface area contributed by atoms with Crippen LogP contribution in [0.15, 0.2) is 66.7 Å². The van der Waals surface area contributed by atoms with Crippen molar-refractivity contribution in [2.24, 2.45) is 0 Å². The van der Waals surface area contributed by atoms with E-state index in [4.69, 9.17) is 9.62 Å². The number of hydrogen-bond donors (Lipinski definition) is 1. The van der Waals surface area contributed by atoms with E-state index in [9.17, 15) is 14.8 Å². The quantitative estimate of drug-likeness (QED) is 0.168. The van der Waals surface area contributed by atoms with Gasteiger partial charge in [-0.3, -0.25) is 4.79 Å². The molecule has 0 saturated heterocycles. The van der Waals surface area contributed by atoms with Crippen molar-refractivity contribution in [1.29, 1.82) is 0 Å². The van der Waals surface area contributed by atoms with Crippen LogP contribution in [0.4, 0.5) is 0 Å². The number of fused-ring (bicyclic) bond motifs is 2. The zero-order valence-electron chi connectivity index (χ0n) is 18.3. The molecule has 5 heteroatoms. The highest BCUT2D eigenvalue weighted by atomic mass is 17.1. The Kier molecular flexibility index (Phi) is 6.21. The predicted molar refractivity (Wildman–Crippen MR) is 121 cm³/mol. The van der Waals surface area contributed by atoms with Gasteiger partial charge in [-0.2, -0.15) is 4.89 Å². The Morgan fingerprint density at radius 1 is 0.938 bits per heavy atom. The minimum absolute atomic E-state index is 0.187. The summed E-state index contributed by atoms with van der Waals surface area (Å²) in [5.41, 5.74) is 3.41. The van der Waals surface area contributed by atoms with Crippen LogP contribution in [0.1, 0.15) is 74.7 Å². The maximum Gasteiger partial charge on any atom is 0.341 e. The van der Waals surface area contributed by atoms with Gasteiger partial charge in [-0.15, -0.1) is 0 Å². The average Bonchev–Trinajstić information content (AvgIpc) is 2.82. The third-order valence-corrected chi connectivity index (χ3v) is 6.01. The van der Waals surface area contributed by atoms with Crippen LogP contribution in [-0.2, 0) is 21.8 Å². The van der Waals surface area contributed by atoms with Crippen LogP contribution < -0.4 is 0 Å². The topological polar surface area (TPSA) is 72.8 Å². The fraction of sp³-hybridized carbons (Fsp3) is 0.259. The van der Waals surface area contributed by atoms with Crippen LogP contribution in [0.5, 0.6) is 0 Å². The van der Waals surface area contributed by atoms with E-state index < -0.39 is 11.8 Å². The molecule has 0 saturated carbocycles. The molecular formula is C27H26O5. The molecule has 3 aromatic carbocycles. The summed E-state index contributed by atoms with van der Waals surface area (Å²) < 4.78 is 5.87. The Hall–Kier alpha value is -3.28. The van der Waals surface area contributed by atoms with E-state index in [2.05, 4.69) is 6.92 Å². The number of unbranched alkanes of at least 4 members (excludes halogenated alkanes) is 2. The molecule has 1 unspecified atom stereocenters. The number of aryl methyl sites for hydroxylation is 2. The van der Waals surface area contributed by atoms with Gasteiger partial charge in [0.25, 0.3) is 5.79 Å². The molecule has 1 aliphatic carbocycles. The van der Waals surface area contributed by atoms with Crippen molar-refractivity contribution in [2.75, 3.05) is 0 Å². The maximum absolute atomic E-state index is 13.3. The summed E-state index contributed by atoms with van der Waals surface area (Å²) in [5, 5.41) is 10.1. The number of carbonyl (C=O) groups excluding carboxylic acids is 2. The second-order valence-corrected chi connectivity index (χ2v) is 8.12. The standard InChI is InChI=1S/C27H26O5/c1-3-4-5-11-19-15-16-24-22(17-19)25(28)21-13-8-9-14-23(21)27(24,32-30)31-26(29)20-12-7-6-10-18(20)2/h6-10,12-17,30H,3-5,11H2,1-2H3. The zero-order valence-corrected chi connectivity index (χ0v) is 18.3. The lowest BCUT2D eigenvalue weighted by Gasteiger charge is -2.36. The van der Waals surface area contributed by atoms with Gasteiger partial charge in [0.1, 0.15) is 0 Å². The number of ether oxygens (including phenoxy) is 1. The Morgan fingerprint density at radius 2 is 1.66 bits per heavy atom. The van der Waals surface area contributed by atoms with Crippen molar-refractivity contribution in [3.8, 4) is 0 Å². The largest absolute Gasteiger partial charge is 0.418 e. The highest BCUT2D eigenvalue weighted by Gasteiger charge is 2.49.